The molecule has 8 heteroatoms. The Morgan fingerprint density at radius 3 is 3.10 bits per heavy atom. The number of carbonyl (C=O) groups excluding carboxylic acids is 1. The van der Waals surface area contributed by atoms with E-state index in [2.05, 4.69) is 20.8 Å². The minimum Gasteiger partial charge on any atom is -0.497 e. The van der Waals surface area contributed by atoms with Crippen LogP contribution in [0.5, 0.6) is 5.75 Å². The molecule has 7 nitrogen and oxygen atoms in total. The zero-order valence-corrected chi connectivity index (χ0v) is 12.1. The van der Waals surface area contributed by atoms with Gasteiger partial charge in [0.15, 0.2) is 0 Å². The molecular weight excluding hydrogens is 278 g/mol. The number of hydrogen-bond donors (Lipinski definition) is 1. The fourth-order valence-corrected chi connectivity index (χ4v) is 2.27. The predicted octanol–water partition coefficient (Wildman–Crippen LogP) is 1.43. The van der Waals surface area contributed by atoms with Gasteiger partial charge in [0.1, 0.15) is 5.75 Å². The summed E-state index contributed by atoms with van der Waals surface area (Å²) in [5, 5.41) is 14.7. The third-order valence-corrected chi connectivity index (χ3v) is 3.44. The Morgan fingerprint density at radius 2 is 2.35 bits per heavy atom. The third kappa shape index (κ3) is 3.70. The van der Waals surface area contributed by atoms with Gasteiger partial charge in [-0.15, -0.1) is 5.10 Å². The number of thioether (sulfide) groups is 1. The number of tetrazole rings is 1. The number of benzene rings is 1. The maximum atomic E-state index is 11.9. The maximum absolute atomic E-state index is 11.9. The quantitative estimate of drug-likeness (QED) is 0.811. The molecule has 0 radical (unpaired) electrons. The summed E-state index contributed by atoms with van der Waals surface area (Å²) in [5.74, 6) is 0.830. The van der Waals surface area contributed by atoms with Gasteiger partial charge in [-0.2, -0.15) is 0 Å². The molecule has 1 aromatic heterocycles. The lowest BCUT2D eigenvalue weighted by atomic mass is 10.3. The van der Waals surface area contributed by atoms with Gasteiger partial charge in [0.25, 0.3) is 0 Å². The van der Waals surface area contributed by atoms with Crippen LogP contribution in [0.2, 0.25) is 0 Å². The van der Waals surface area contributed by atoms with E-state index in [1.54, 1.807) is 23.9 Å². The molecule has 0 aliphatic rings. The molecule has 2 aromatic rings. The number of rotatable bonds is 6. The molecule has 0 saturated carbocycles. The largest absolute Gasteiger partial charge is 0.497 e. The summed E-state index contributed by atoms with van der Waals surface area (Å²) < 4.78 is 6.74. The van der Waals surface area contributed by atoms with E-state index >= 15 is 0 Å². The van der Waals surface area contributed by atoms with Crippen molar-refractivity contribution < 1.29 is 9.53 Å². The Hall–Kier alpha value is -2.09. The predicted molar refractivity (Wildman–Crippen MR) is 75.8 cm³/mol. The van der Waals surface area contributed by atoms with Crippen molar-refractivity contribution in [1.29, 1.82) is 0 Å². The third-order valence-electron chi connectivity index (χ3n) is 2.48. The Morgan fingerprint density at radius 1 is 1.50 bits per heavy atom. The lowest BCUT2D eigenvalue weighted by Gasteiger charge is -2.06. The fraction of sp³-hybridized carbons (Fsp3) is 0.333. The van der Waals surface area contributed by atoms with Crippen LogP contribution in [0.3, 0.4) is 0 Å². The fourth-order valence-electron chi connectivity index (χ4n) is 1.53. The standard InChI is InChI=1S/C12H15N5O2S/c1-3-17-12(14-15-16-17)20-8-11(18)13-9-5-4-6-10(7-9)19-2/h4-7H,3,8H2,1-2H3,(H,13,18). The molecule has 0 bridgehead atoms. The van der Waals surface area contributed by atoms with E-state index < -0.39 is 0 Å². The van der Waals surface area contributed by atoms with Crippen LogP contribution < -0.4 is 10.1 Å². The van der Waals surface area contributed by atoms with E-state index in [4.69, 9.17) is 4.74 Å². The van der Waals surface area contributed by atoms with Crippen molar-refractivity contribution in [3.05, 3.63) is 24.3 Å². The monoisotopic (exact) mass is 293 g/mol. The molecule has 1 heterocycles. The Labute approximate surface area is 120 Å². The highest BCUT2D eigenvalue weighted by atomic mass is 32.2. The molecule has 0 unspecified atom stereocenters. The van der Waals surface area contributed by atoms with Crippen LogP contribution in [0.1, 0.15) is 6.92 Å². The highest BCUT2D eigenvalue weighted by Gasteiger charge is 2.09. The van der Waals surface area contributed by atoms with Crippen molar-refractivity contribution >= 4 is 23.4 Å². The molecule has 1 amide bonds. The van der Waals surface area contributed by atoms with Gasteiger partial charge in [0, 0.05) is 18.3 Å². The summed E-state index contributed by atoms with van der Waals surface area (Å²) in [7, 11) is 1.58. The SMILES string of the molecule is CCn1nnnc1SCC(=O)Nc1cccc(OC)c1. The number of methoxy groups -OCH3 is 1. The lowest BCUT2D eigenvalue weighted by molar-refractivity contribution is -0.113. The normalized spacial score (nSPS) is 10.3. The lowest BCUT2D eigenvalue weighted by Crippen LogP contribution is -2.14. The van der Waals surface area contributed by atoms with Crippen molar-refractivity contribution in [1.82, 2.24) is 20.2 Å². The zero-order chi connectivity index (χ0) is 14.4. The number of hydrogen-bond acceptors (Lipinski definition) is 6. The summed E-state index contributed by atoms with van der Waals surface area (Å²) in [6, 6.07) is 7.21. The van der Waals surface area contributed by atoms with Crippen molar-refractivity contribution in [2.45, 2.75) is 18.6 Å². The Bertz CT molecular complexity index is 587. The van der Waals surface area contributed by atoms with Crippen molar-refractivity contribution in [2.75, 3.05) is 18.2 Å². The van der Waals surface area contributed by atoms with Crippen LogP contribution in [-0.4, -0.2) is 39.0 Å². The second kappa shape index (κ2) is 6.90. The maximum Gasteiger partial charge on any atom is 0.234 e. The van der Waals surface area contributed by atoms with Gasteiger partial charge < -0.3 is 10.1 Å². The number of carbonyl (C=O) groups is 1. The summed E-state index contributed by atoms with van der Waals surface area (Å²) in [6.07, 6.45) is 0. The van der Waals surface area contributed by atoms with Gasteiger partial charge in [-0.25, -0.2) is 4.68 Å². The molecule has 2 rings (SSSR count). The molecule has 1 N–H and O–H groups in total. The van der Waals surface area contributed by atoms with Gasteiger partial charge in [0.2, 0.25) is 11.1 Å². The first-order chi connectivity index (χ1) is 9.72. The molecule has 0 aliphatic carbocycles. The molecule has 0 saturated heterocycles. The number of nitrogens with zero attached hydrogens (tertiary/aromatic N) is 4. The summed E-state index contributed by atoms with van der Waals surface area (Å²) in [4.78, 5) is 11.9. The van der Waals surface area contributed by atoms with Gasteiger partial charge in [-0.1, -0.05) is 17.8 Å². The molecule has 0 atom stereocenters. The van der Waals surface area contributed by atoms with E-state index in [-0.39, 0.29) is 11.7 Å². The van der Waals surface area contributed by atoms with Gasteiger partial charge in [-0.3, -0.25) is 4.79 Å². The molecule has 1 aromatic carbocycles. The number of aromatic nitrogens is 4. The number of aryl methyl sites for hydroxylation is 1. The van der Waals surface area contributed by atoms with E-state index in [9.17, 15) is 4.79 Å². The highest BCUT2D eigenvalue weighted by molar-refractivity contribution is 7.99. The van der Waals surface area contributed by atoms with Crippen LogP contribution in [0.25, 0.3) is 0 Å². The Balaban J connectivity index is 1.89. The van der Waals surface area contributed by atoms with E-state index in [0.717, 1.165) is 0 Å². The van der Waals surface area contributed by atoms with E-state index in [1.165, 1.54) is 11.8 Å². The minimum atomic E-state index is -0.117. The summed E-state index contributed by atoms with van der Waals surface area (Å²) in [5.41, 5.74) is 0.699. The van der Waals surface area contributed by atoms with Crippen LogP contribution >= 0.6 is 11.8 Å². The average Bonchev–Trinajstić information content (AvgIpc) is 2.93. The van der Waals surface area contributed by atoms with Gasteiger partial charge in [-0.05, 0) is 29.5 Å². The number of anilines is 1. The van der Waals surface area contributed by atoms with Crippen LogP contribution in [0.15, 0.2) is 29.4 Å². The smallest absolute Gasteiger partial charge is 0.234 e. The van der Waals surface area contributed by atoms with Gasteiger partial charge >= 0.3 is 0 Å². The van der Waals surface area contributed by atoms with E-state index in [1.807, 2.05) is 19.1 Å². The zero-order valence-electron chi connectivity index (χ0n) is 11.2. The van der Waals surface area contributed by atoms with Crippen LogP contribution in [-0.2, 0) is 11.3 Å². The number of amides is 1. The number of nitrogens with one attached hydrogen (secondary N) is 1. The van der Waals surface area contributed by atoms with Gasteiger partial charge in [0.05, 0.1) is 12.9 Å². The van der Waals surface area contributed by atoms with Crippen molar-refractivity contribution in [3.63, 3.8) is 0 Å². The topological polar surface area (TPSA) is 81.9 Å². The molecule has 0 fully saturated rings. The first kappa shape index (κ1) is 14.3. The summed E-state index contributed by atoms with van der Waals surface area (Å²) >= 11 is 1.30. The van der Waals surface area contributed by atoms with E-state index in [0.29, 0.717) is 23.1 Å². The molecule has 20 heavy (non-hydrogen) atoms. The first-order valence-electron chi connectivity index (χ1n) is 6.05. The molecule has 0 aliphatic heterocycles. The van der Waals surface area contributed by atoms with Crippen LogP contribution in [0.4, 0.5) is 5.69 Å². The first-order valence-corrected chi connectivity index (χ1v) is 7.04. The molecular formula is C12H15N5O2S. The van der Waals surface area contributed by atoms with Crippen molar-refractivity contribution in [3.8, 4) is 5.75 Å². The highest BCUT2D eigenvalue weighted by Crippen LogP contribution is 2.18. The average molecular weight is 293 g/mol. The Kier molecular flexibility index (Phi) is 4.94. The number of ether oxygens (including phenoxy) is 1. The summed E-state index contributed by atoms with van der Waals surface area (Å²) in [6.45, 7) is 2.61. The second-order valence-electron chi connectivity index (χ2n) is 3.85. The molecule has 0 spiro atoms. The second-order valence-corrected chi connectivity index (χ2v) is 4.79. The van der Waals surface area contributed by atoms with Crippen molar-refractivity contribution in [2.24, 2.45) is 0 Å². The van der Waals surface area contributed by atoms with Crippen LogP contribution in [0, 0.1) is 0 Å². The molecule has 106 valence electrons. The minimum absolute atomic E-state index is 0.117.